The number of nitrogens with zero attached hydrogens (tertiary/aromatic N) is 1. The van der Waals surface area contributed by atoms with Crippen molar-refractivity contribution in [3.8, 4) is 5.75 Å². The van der Waals surface area contributed by atoms with Gasteiger partial charge in [-0.1, -0.05) is 0 Å². The Labute approximate surface area is 138 Å². The molecule has 0 atom stereocenters. The normalized spacial score (nSPS) is 10.0. The number of hydrogen-bond acceptors (Lipinski definition) is 6. The second kappa shape index (κ2) is 7.87. The number of ether oxygens (including phenoxy) is 2. The van der Waals surface area contributed by atoms with Crippen molar-refractivity contribution in [1.29, 1.82) is 0 Å². The van der Waals surface area contributed by atoms with E-state index in [1.807, 2.05) is 6.92 Å². The van der Waals surface area contributed by atoms with E-state index >= 15 is 0 Å². The lowest BCUT2D eigenvalue weighted by Gasteiger charge is -2.06. The molecule has 24 heavy (non-hydrogen) atoms. The zero-order valence-corrected chi connectivity index (χ0v) is 12.9. The minimum absolute atomic E-state index is 0.128. The predicted molar refractivity (Wildman–Crippen MR) is 85.3 cm³/mol. The molecule has 0 unspecified atom stereocenters. The second-order valence-corrected chi connectivity index (χ2v) is 4.76. The number of carbonyl (C=O) groups is 2. The summed E-state index contributed by atoms with van der Waals surface area (Å²) in [6.45, 7) is 1.97. The molecule has 2 aromatic carbocycles. The summed E-state index contributed by atoms with van der Waals surface area (Å²) in [5.74, 6) is -0.422. The van der Waals surface area contributed by atoms with Crippen LogP contribution >= 0.6 is 0 Å². The average molecular weight is 329 g/mol. The molecule has 2 aromatic rings. The Morgan fingerprint density at radius 1 is 1.00 bits per heavy atom. The number of hydrogen-bond donors (Lipinski definition) is 0. The average Bonchev–Trinajstić information content (AvgIpc) is 2.60. The van der Waals surface area contributed by atoms with Crippen LogP contribution in [0.2, 0.25) is 0 Å². The van der Waals surface area contributed by atoms with E-state index in [1.165, 1.54) is 24.3 Å². The highest BCUT2D eigenvalue weighted by atomic mass is 16.6. The van der Waals surface area contributed by atoms with Crippen LogP contribution in [0.5, 0.6) is 5.75 Å². The molecule has 0 aromatic heterocycles. The van der Waals surface area contributed by atoms with Gasteiger partial charge in [-0.05, 0) is 43.3 Å². The van der Waals surface area contributed by atoms with Gasteiger partial charge in [0.1, 0.15) is 5.75 Å². The third-order valence-corrected chi connectivity index (χ3v) is 3.14. The summed E-state index contributed by atoms with van der Waals surface area (Å²) in [6.07, 6.45) is 0. The number of rotatable bonds is 7. The van der Waals surface area contributed by atoms with Crippen LogP contribution < -0.4 is 4.74 Å². The Kier molecular flexibility index (Phi) is 5.62. The van der Waals surface area contributed by atoms with Crippen molar-refractivity contribution in [2.75, 3.05) is 13.2 Å². The molecule has 0 fully saturated rings. The first-order valence-corrected chi connectivity index (χ1v) is 7.19. The van der Waals surface area contributed by atoms with Gasteiger partial charge in [-0.25, -0.2) is 4.79 Å². The van der Waals surface area contributed by atoms with E-state index in [2.05, 4.69) is 0 Å². The molecular weight excluding hydrogens is 314 g/mol. The van der Waals surface area contributed by atoms with Gasteiger partial charge in [-0.2, -0.15) is 0 Å². The number of ketones is 1. The fraction of sp³-hybridized carbons (Fsp3) is 0.176. The maximum Gasteiger partial charge on any atom is 0.338 e. The molecular formula is C17H15NO6. The van der Waals surface area contributed by atoms with E-state index in [-0.39, 0.29) is 17.0 Å². The van der Waals surface area contributed by atoms with Gasteiger partial charge in [0.2, 0.25) is 0 Å². The van der Waals surface area contributed by atoms with Crippen molar-refractivity contribution in [1.82, 2.24) is 0 Å². The van der Waals surface area contributed by atoms with E-state index in [1.54, 1.807) is 24.3 Å². The van der Waals surface area contributed by atoms with Gasteiger partial charge >= 0.3 is 5.97 Å². The molecule has 7 heteroatoms. The van der Waals surface area contributed by atoms with Gasteiger partial charge in [0.25, 0.3) is 5.69 Å². The Morgan fingerprint density at radius 2 is 1.58 bits per heavy atom. The Hall–Kier alpha value is -3.22. The molecule has 0 N–H and O–H groups in total. The molecule has 0 aliphatic heterocycles. The third-order valence-electron chi connectivity index (χ3n) is 3.14. The van der Waals surface area contributed by atoms with E-state index in [9.17, 15) is 19.7 Å². The maximum absolute atomic E-state index is 12.0. The van der Waals surface area contributed by atoms with Crippen LogP contribution in [-0.4, -0.2) is 29.9 Å². The molecule has 0 amide bonds. The van der Waals surface area contributed by atoms with E-state index in [4.69, 9.17) is 9.47 Å². The lowest BCUT2D eigenvalue weighted by Crippen LogP contribution is -2.14. The molecule has 0 spiro atoms. The first kappa shape index (κ1) is 17.1. The zero-order valence-electron chi connectivity index (χ0n) is 12.9. The Balaban J connectivity index is 1.92. The number of Topliss-reactive ketones (excluding diaryl/α,β-unsaturated/α-hetero) is 1. The molecule has 7 nitrogen and oxygen atoms in total. The first-order valence-electron chi connectivity index (χ1n) is 7.19. The summed E-state index contributed by atoms with van der Waals surface area (Å²) in [7, 11) is 0. The smallest absolute Gasteiger partial charge is 0.338 e. The molecule has 0 saturated heterocycles. The van der Waals surface area contributed by atoms with Crippen LogP contribution in [0.15, 0.2) is 48.5 Å². The lowest BCUT2D eigenvalue weighted by atomic mass is 10.1. The SMILES string of the molecule is CCOc1ccc(C(=O)COC(=O)c2ccc([N+](=O)[O-])cc2)cc1. The Morgan fingerprint density at radius 3 is 2.12 bits per heavy atom. The van der Waals surface area contributed by atoms with Gasteiger partial charge in [0.15, 0.2) is 12.4 Å². The molecule has 0 aliphatic carbocycles. The van der Waals surface area contributed by atoms with Crippen LogP contribution in [0.4, 0.5) is 5.69 Å². The topological polar surface area (TPSA) is 95.7 Å². The minimum Gasteiger partial charge on any atom is -0.494 e. The molecule has 0 saturated carbocycles. The quantitative estimate of drug-likeness (QED) is 0.335. The molecule has 124 valence electrons. The summed E-state index contributed by atoms with van der Waals surface area (Å²) in [5, 5.41) is 10.6. The number of esters is 1. The second-order valence-electron chi connectivity index (χ2n) is 4.76. The minimum atomic E-state index is -0.718. The van der Waals surface area contributed by atoms with Gasteiger partial charge in [0, 0.05) is 17.7 Å². The van der Waals surface area contributed by atoms with Crippen LogP contribution in [0.3, 0.4) is 0 Å². The van der Waals surface area contributed by atoms with E-state index < -0.39 is 17.5 Å². The first-order chi connectivity index (χ1) is 11.5. The van der Waals surface area contributed by atoms with Crippen molar-refractivity contribution >= 4 is 17.4 Å². The van der Waals surface area contributed by atoms with Crippen LogP contribution in [0.25, 0.3) is 0 Å². The summed E-state index contributed by atoms with van der Waals surface area (Å²) >= 11 is 0. The third kappa shape index (κ3) is 4.39. The van der Waals surface area contributed by atoms with Gasteiger partial charge in [-0.3, -0.25) is 14.9 Å². The monoisotopic (exact) mass is 329 g/mol. The fourth-order valence-corrected chi connectivity index (χ4v) is 1.92. The molecule has 0 aliphatic rings. The van der Waals surface area contributed by atoms with Crippen LogP contribution in [0, 0.1) is 10.1 Å². The lowest BCUT2D eigenvalue weighted by molar-refractivity contribution is -0.384. The number of benzene rings is 2. The predicted octanol–water partition coefficient (Wildman–Crippen LogP) is 3.03. The van der Waals surface area contributed by atoms with Gasteiger partial charge in [0.05, 0.1) is 17.1 Å². The van der Waals surface area contributed by atoms with Crippen molar-refractivity contribution in [3.63, 3.8) is 0 Å². The number of non-ortho nitro benzene ring substituents is 1. The molecule has 0 bridgehead atoms. The summed E-state index contributed by atoms with van der Waals surface area (Å²) in [4.78, 5) is 33.8. The maximum atomic E-state index is 12.0. The zero-order chi connectivity index (χ0) is 17.5. The van der Waals surface area contributed by atoms with Crippen LogP contribution in [-0.2, 0) is 4.74 Å². The van der Waals surface area contributed by atoms with Gasteiger partial charge in [-0.15, -0.1) is 0 Å². The van der Waals surface area contributed by atoms with Crippen molar-refractivity contribution in [3.05, 3.63) is 69.8 Å². The summed E-state index contributed by atoms with van der Waals surface area (Å²) < 4.78 is 10.2. The van der Waals surface area contributed by atoms with Crippen molar-refractivity contribution in [2.45, 2.75) is 6.92 Å². The molecule has 0 heterocycles. The molecule has 2 rings (SSSR count). The number of carbonyl (C=O) groups excluding carboxylic acids is 2. The van der Waals surface area contributed by atoms with Crippen molar-refractivity contribution in [2.24, 2.45) is 0 Å². The number of nitro benzene ring substituents is 1. The Bertz CT molecular complexity index is 737. The highest BCUT2D eigenvalue weighted by Crippen LogP contribution is 2.14. The standard InChI is InChI=1S/C17H15NO6/c1-2-23-15-9-5-12(6-10-15)16(19)11-24-17(20)13-3-7-14(8-4-13)18(21)22/h3-10H,2,11H2,1H3. The molecule has 0 radical (unpaired) electrons. The van der Waals surface area contributed by atoms with Crippen LogP contribution in [0.1, 0.15) is 27.6 Å². The highest BCUT2D eigenvalue weighted by Gasteiger charge is 2.13. The fourth-order valence-electron chi connectivity index (χ4n) is 1.92. The number of nitro groups is 1. The van der Waals surface area contributed by atoms with E-state index in [0.717, 1.165) is 0 Å². The van der Waals surface area contributed by atoms with Crippen molar-refractivity contribution < 1.29 is 24.0 Å². The largest absolute Gasteiger partial charge is 0.494 e. The summed E-state index contributed by atoms with van der Waals surface area (Å²) in [6, 6.07) is 11.5. The highest BCUT2D eigenvalue weighted by molar-refractivity contribution is 5.99. The van der Waals surface area contributed by atoms with E-state index in [0.29, 0.717) is 17.9 Å². The van der Waals surface area contributed by atoms with Gasteiger partial charge < -0.3 is 9.47 Å². The summed E-state index contributed by atoms with van der Waals surface area (Å²) in [5.41, 5.74) is 0.409.